The predicted molar refractivity (Wildman–Crippen MR) is 105 cm³/mol. The zero-order valence-electron chi connectivity index (χ0n) is 15.5. The first kappa shape index (κ1) is 18.5. The van der Waals surface area contributed by atoms with E-state index in [1.54, 1.807) is 14.2 Å². The quantitative estimate of drug-likeness (QED) is 0.575. The van der Waals surface area contributed by atoms with Gasteiger partial charge >= 0.3 is 0 Å². The molecule has 0 heterocycles. The van der Waals surface area contributed by atoms with E-state index >= 15 is 0 Å². The van der Waals surface area contributed by atoms with Crippen LogP contribution in [-0.4, -0.2) is 20.0 Å². The van der Waals surface area contributed by atoms with Crippen LogP contribution in [0.2, 0.25) is 0 Å². The molecule has 0 fully saturated rings. The maximum absolute atomic E-state index is 12.4. The number of para-hydroxylation sites is 1. The van der Waals surface area contributed by atoms with Gasteiger partial charge in [0.1, 0.15) is 17.3 Å². The number of hydrogen-bond acceptors (Lipinski definition) is 4. The van der Waals surface area contributed by atoms with E-state index in [2.05, 4.69) is 0 Å². The summed E-state index contributed by atoms with van der Waals surface area (Å²) >= 11 is 0. The molecule has 0 aliphatic heterocycles. The first-order valence-corrected chi connectivity index (χ1v) is 8.72. The van der Waals surface area contributed by atoms with Gasteiger partial charge in [0.25, 0.3) is 0 Å². The van der Waals surface area contributed by atoms with E-state index in [9.17, 15) is 4.79 Å². The highest BCUT2D eigenvalue weighted by atomic mass is 16.5. The third kappa shape index (κ3) is 5.11. The van der Waals surface area contributed by atoms with Gasteiger partial charge in [-0.25, -0.2) is 0 Å². The number of carbonyl (C=O) groups is 1. The largest absolute Gasteiger partial charge is 0.497 e. The van der Waals surface area contributed by atoms with Gasteiger partial charge in [-0.05, 0) is 47.5 Å². The molecule has 0 saturated carbocycles. The predicted octanol–water partition coefficient (Wildman–Crippen LogP) is 4.85. The van der Waals surface area contributed by atoms with Crippen LogP contribution >= 0.6 is 0 Å². The van der Waals surface area contributed by atoms with Gasteiger partial charge in [0.05, 0.1) is 14.2 Å². The van der Waals surface area contributed by atoms with E-state index in [0.29, 0.717) is 24.3 Å². The Morgan fingerprint density at radius 1 is 0.704 bits per heavy atom. The lowest BCUT2D eigenvalue weighted by Crippen LogP contribution is -2.07. The molecule has 0 unspecified atom stereocenters. The van der Waals surface area contributed by atoms with Gasteiger partial charge in [0.15, 0.2) is 11.5 Å². The maximum Gasteiger partial charge on any atom is 0.169 e. The van der Waals surface area contributed by atoms with Gasteiger partial charge in [-0.1, -0.05) is 36.4 Å². The van der Waals surface area contributed by atoms with E-state index < -0.39 is 0 Å². The summed E-state index contributed by atoms with van der Waals surface area (Å²) in [6.07, 6.45) is 0.725. The van der Waals surface area contributed by atoms with Crippen molar-refractivity contribution >= 4 is 5.78 Å². The van der Waals surface area contributed by atoms with Crippen molar-refractivity contribution in [3.63, 3.8) is 0 Å². The molecule has 0 amide bonds. The molecule has 27 heavy (non-hydrogen) atoms. The number of rotatable bonds is 8. The summed E-state index contributed by atoms with van der Waals surface area (Å²) in [6, 6.07) is 22.6. The van der Waals surface area contributed by atoms with Crippen LogP contribution in [0.3, 0.4) is 0 Å². The van der Waals surface area contributed by atoms with Crippen LogP contribution in [0, 0.1) is 0 Å². The SMILES string of the molecule is COc1ccc(CC(=O)Cc2ccc(Oc3ccccc3)c(OC)c2)cc1. The van der Waals surface area contributed by atoms with Crippen LogP contribution in [-0.2, 0) is 17.6 Å². The van der Waals surface area contributed by atoms with Gasteiger partial charge in [-0.15, -0.1) is 0 Å². The Balaban J connectivity index is 1.66. The van der Waals surface area contributed by atoms with Gasteiger partial charge in [-0.3, -0.25) is 4.79 Å². The molecular weight excluding hydrogens is 340 g/mol. The number of ether oxygens (including phenoxy) is 3. The molecule has 0 bridgehead atoms. The van der Waals surface area contributed by atoms with E-state index in [-0.39, 0.29) is 5.78 Å². The van der Waals surface area contributed by atoms with E-state index in [1.807, 2.05) is 72.8 Å². The Morgan fingerprint density at radius 2 is 1.37 bits per heavy atom. The van der Waals surface area contributed by atoms with Crippen molar-refractivity contribution in [1.82, 2.24) is 0 Å². The minimum Gasteiger partial charge on any atom is -0.497 e. The Hall–Kier alpha value is -3.27. The fourth-order valence-electron chi connectivity index (χ4n) is 2.78. The van der Waals surface area contributed by atoms with Crippen LogP contribution in [0.25, 0.3) is 0 Å². The lowest BCUT2D eigenvalue weighted by Gasteiger charge is -2.12. The van der Waals surface area contributed by atoms with Gasteiger partial charge in [0, 0.05) is 12.8 Å². The lowest BCUT2D eigenvalue weighted by atomic mass is 10.0. The van der Waals surface area contributed by atoms with Crippen molar-refractivity contribution in [2.45, 2.75) is 12.8 Å². The summed E-state index contributed by atoms with van der Waals surface area (Å²) in [5.74, 6) is 2.88. The second-order valence-electron chi connectivity index (χ2n) is 6.14. The fraction of sp³-hybridized carbons (Fsp3) is 0.174. The normalized spacial score (nSPS) is 10.3. The standard InChI is InChI=1S/C23H22O4/c1-25-20-11-8-17(9-12-20)14-19(24)15-18-10-13-22(23(16-18)26-2)27-21-6-4-3-5-7-21/h3-13,16H,14-15H2,1-2H3. The van der Waals surface area contributed by atoms with E-state index in [0.717, 1.165) is 22.6 Å². The minimum atomic E-state index is 0.138. The van der Waals surface area contributed by atoms with Crippen molar-refractivity contribution in [3.8, 4) is 23.0 Å². The van der Waals surface area contributed by atoms with Crippen molar-refractivity contribution in [1.29, 1.82) is 0 Å². The van der Waals surface area contributed by atoms with Crippen LogP contribution in [0.5, 0.6) is 23.0 Å². The zero-order chi connectivity index (χ0) is 19.1. The maximum atomic E-state index is 12.4. The Morgan fingerprint density at radius 3 is 2.04 bits per heavy atom. The first-order chi connectivity index (χ1) is 13.2. The van der Waals surface area contributed by atoms with Gasteiger partial charge in [-0.2, -0.15) is 0 Å². The van der Waals surface area contributed by atoms with Crippen molar-refractivity contribution in [2.24, 2.45) is 0 Å². The molecule has 138 valence electrons. The first-order valence-electron chi connectivity index (χ1n) is 8.72. The summed E-state index contributed by atoms with van der Waals surface area (Å²) in [5, 5.41) is 0. The minimum absolute atomic E-state index is 0.138. The summed E-state index contributed by atoms with van der Waals surface area (Å²) in [5.41, 5.74) is 1.86. The van der Waals surface area contributed by atoms with E-state index in [4.69, 9.17) is 14.2 Å². The molecule has 4 nitrogen and oxygen atoms in total. The second-order valence-corrected chi connectivity index (χ2v) is 6.14. The molecule has 0 spiro atoms. The van der Waals surface area contributed by atoms with Crippen LogP contribution in [0.4, 0.5) is 0 Å². The highest BCUT2D eigenvalue weighted by Gasteiger charge is 2.11. The average molecular weight is 362 g/mol. The highest BCUT2D eigenvalue weighted by Crippen LogP contribution is 2.32. The monoisotopic (exact) mass is 362 g/mol. The molecule has 3 aromatic rings. The second kappa shape index (κ2) is 8.90. The number of carbonyl (C=O) groups excluding carboxylic acids is 1. The van der Waals surface area contributed by atoms with Gasteiger partial charge in [0.2, 0.25) is 0 Å². The summed E-state index contributed by atoms with van der Waals surface area (Å²) in [4.78, 5) is 12.4. The molecule has 0 aromatic heterocycles. The molecule has 3 aromatic carbocycles. The smallest absolute Gasteiger partial charge is 0.169 e. The van der Waals surface area contributed by atoms with Gasteiger partial charge < -0.3 is 14.2 Å². The third-order valence-corrected chi connectivity index (χ3v) is 4.16. The molecular formula is C23H22O4. The summed E-state index contributed by atoms with van der Waals surface area (Å²) in [7, 11) is 3.22. The number of benzene rings is 3. The molecule has 3 rings (SSSR count). The molecule has 0 N–H and O–H groups in total. The highest BCUT2D eigenvalue weighted by molar-refractivity contribution is 5.83. The van der Waals surface area contributed by atoms with Crippen LogP contribution in [0.15, 0.2) is 72.8 Å². The average Bonchev–Trinajstić information content (AvgIpc) is 2.70. The molecule has 0 saturated heterocycles. The molecule has 0 atom stereocenters. The Labute approximate surface area is 159 Å². The van der Waals surface area contributed by atoms with Crippen LogP contribution in [0.1, 0.15) is 11.1 Å². The van der Waals surface area contributed by atoms with E-state index in [1.165, 1.54) is 0 Å². The van der Waals surface area contributed by atoms with Crippen LogP contribution < -0.4 is 14.2 Å². The Bertz CT molecular complexity index is 886. The Kier molecular flexibility index (Phi) is 6.10. The molecule has 4 heteroatoms. The number of methoxy groups -OCH3 is 2. The summed E-state index contributed by atoms with van der Waals surface area (Å²) < 4.78 is 16.4. The molecule has 0 aliphatic rings. The topological polar surface area (TPSA) is 44.8 Å². The third-order valence-electron chi connectivity index (χ3n) is 4.16. The zero-order valence-corrected chi connectivity index (χ0v) is 15.5. The summed E-state index contributed by atoms with van der Waals surface area (Å²) in [6.45, 7) is 0. The van der Waals surface area contributed by atoms with Crippen molar-refractivity contribution in [2.75, 3.05) is 14.2 Å². The molecule has 0 radical (unpaired) electrons. The van der Waals surface area contributed by atoms with Crippen molar-refractivity contribution < 1.29 is 19.0 Å². The lowest BCUT2D eigenvalue weighted by molar-refractivity contribution is -0.117. The number of Topliss-reactive ketones (excluding diaryl/α,β-unsaturated/α-hetero) is 1. The number of hydrogen-bond donors (Lipinski definition) is 0. The fourth-order valence-corrected chi connectivity index (χ4v) is 2.78. The van der Waals surface area contributed by atoms with Crippen molar-refractivity contribution in [3.05, 3.63) is 83.9 Å². The molecule has 0 aliphatic carbocycles. The number of ketones is 1.